The summed E-state index contributed by atoms with van der Waals surface area (Å²) in [6, 6.07) is 11.1. The van der Waals surface area contributed by atoms with Gasteiger partial charge < -0.3 is 15.6 Å². The van der Waals surface area contributed by atoms with Crippen molar-refractivity contribution in [3.05, 3.63) is 42.1 Å². The molecule has 0 saturated heterocycles. The van der Waals surface area contributed by atoms with Crippen LogP contribution in [0, 0.1) is 0 Å². The van der Waals surface area contributed by atoms with Crippen molar-refractivity contribution in [2.24, 2.45) is 5.73 Å². The van der Waals surface area contributed by atoms with Crippen LogP contribution in [0.2, 0.25) is 0 Å². The quantitative estimate of drug-likeness (QED) is 0.823. The van der Waals surface area contributed by atoms with Gasteiger partial charge in [0.1, 0.15) is 0 Å². The highest BCUT2D eigenvalue weighted by atomic mass is 16.5. The van der Waals surface area contributed by atoms with E-state index in [1.165, 1.54) is 0 Å². The summed E-state index contributed by atoms with van der Waals surface area (Å²) in [7, 11) is 0. The Hall–Kier alpha value is -2.14. The van der Waals surface area contributed by atoms with Crippen molar-refractivity contribution in [3.63, 3.8) is 0 Å². The van der Waals surface area contributed by atoms with Crippen LogP contribution in [-0.2, 0) is 0 Å². The van der Waals surface area contributed by atoms with E-state index in [9.17, 15) is 4.79 Å². The molecule has 0 bridgehead atoms. The fraction of sp³-hybridized carbons (Fsp3) is 0.167. The second-order valence-corrected chi connectivity index (χ2v) is 3.49. The minimum Gasteiger partial charge on any atom is -0.355 e. The molecule has 17 heavy (non-hydrogen) atoms. The average Bonchev–Trinajstić information content (AvgIpc) is 2.86. The maximum Gasteiger partial charge on any atom is 0.273 e. The first-order valence-electron chi connectivity index (χ1n) is 5.31. The van der Waals surface area contributed by atoms with Crippen LogP contribution in [0.25, 0.3) is 11.3 Å². The van der Waals surface area contributed by atoms with E-state index in [1.54, 1.807) is 6.07 Å². The first kappa shape index (κ1) is 11.3. The summed E-state index contributed by atoms with van der Waals surface area (Å²) < 4.78 is 5.11. The second kappa shape index (κ2) is 5.27. The van der Waals surface area contributed by atoms with Gasteiger partial charge in [-0.05, 0) is 0 Å². The number of amides is 1. The summed E-state index contributed by atoms with van der Waals surface area (Å²) >= 11 is 0. The zero-order chi connectivity index (χ0) is 12.1. The van der Waals surface area contributed by atoms with Crippen LogP contribution < -0.4 is 11.1 Å². The minimum atomic E-state index is -0.276. The lowest BCUT2D eigenvalue weighted by molar-refractivity contribution is 0.0946. The van der Waals surface area contributed by atoms with Gasteiger partial charge >= 0.3 is 0 Å². The fourth-order valence-corrected chi connectivity index (χ4v) is 1.40. The molecule has 1 amide bonds. The van der Waals surface area contributed by atoms with E-state index in [0.717, 1.165) is 5.56 Å². The highest BCUT2D eigenvalue weighted by Gasteiger charge is 2.12. The van der Waals surface area contributed by atoms with E-state index in [4.69, 9.17) is 10.3 Å². The van der Waals surface area contributed by atoms with Crippen molar-refractivity contribution in [1.82, 2.24) is 10.5 Å². The summed E-state index contributed by atoms with van der Waals surface area (Å²) in [6.07, 6.45) is 0. The summed E-state index contributed by atoms with van der Waals surface area (Å²) in [5, 5.41) is 6.34. The van der Waals surface area contributed by atoms with E-state index in [2.05, 4.69) is 10.5 Å². The Morgan fingerprint density at radius 3 is 2.82 bits per heavy atom. The number of carbonyl (C=O) groups is 1. The Bertz CT molecular complexity index is 493. The standard InChI is InChI=1S/C12H13N3O2/c13-6-7-14-12(16)10-8-11(17-15-10)9-4-2-1-3-5-9/h1-5,8H,6-7,13H2,(H,14,16). The Labute approximate surface area is 98.6 Å². The fourth-order valence-electron chi connectivity index (χ4n) is 1.40. The largest absolute Gasteiger partial charge is 0.355 e. The van der Waals surface area contributed by atoms with Crippen molar-refractivity contribution in [2.75, 3.05) is 13.1 Å². The third-order valence-corrected chi connectivity index (χ3v) is 2.23. The molecule has 1 heterocycles. The zero-order valence-electron chi connectivity index (χ0n) is 9.22. The van der Waals surface area contributed by atoms with Crippen LogP contribution in [0.1, 0.15) is 10.5 Å². The maximum absolute atomic E-state index is 11.6. The van der Waals surface area contributed by atoms with Crippen LogP contribution in [0.4, 0.5) is 0 Å². The molecule has 5 nitrogen and oxygen atoms in total. The van der Waals surface area contributed by atoms with E-state index >= 15 is 0 Å². The number of nitrogens with zero attached hydrogens (tertiary/aromatic N) is 1. The molecule has 0 radical (unpaired) electrons. The number of hydrogen-bond acceptors (Lipinski definition) is 4. The normalized spacial score (nSPS) is 10.2. The molecular formula is C12H13N3O2. The van der Waals surface area contributed by atoms with Crippen molar-refractivity contribution in [3.8, 4) is 11.3 Å². The summed E-state index contributed by atoms with van der Waals surface area (Å²) in [5.41, 5.74) is 6.44. The SMILES string of the molecule is NCCNC(=O)c1cc(-c2ccccc2)on1. The Balaban J connectivity index is 2.14. The highest BCUT2D eigenvalue weighted by Crippen LogP contribution is 2.19. The molecule has 5 heteroatoms. The third kappa shape index (κ3) is 2.70. The van der Waals surface area contributed by atoms with E-state index in [-0.39, 0.29) is 11.6 Å². The lowest BCUT2D eigenvalue weighted by Gasteiger charge is -1.97. The van der Waals surface area contributed by atoms with Crippen LogP contribution in [0.15, 0.2) is 40.9 Å². The van der Waals surface area contributed by atoms with Gasteiger partial charge in [0, 0.05) is 24.7 Å². The van der Waals surface area contributed by atoms with Crippen molar-refractivity contribution in [1.29, 1.82) is 0 Å². The number of carbonyl (C=O) groups excluding carboxylic acids is 1. The van der Waals surface area contributed by atoms with Gasteiger partial charge in [0.25, 0.3) is 5.91 Å². The molecule has 88 valence electrons. The zero-order valence-corrected chi connectivity index (χ0v) is 9.22. The summed E-state index contributed by atoms with van der Waals surface area (Å²) in [4.78, 5) is 11.6. The van der Waals surface area contributed by atoms with Gasteiger partial charge in [-0.25, -0.2) is 0 Å². The van der Waals surface area contributed by atoms with Crippen molar-refractivity contribution < 1.29 is 9.32 Å². The topological polar surface area (TPSA) is 81.1 Å². The minimum absolute atomic E-state index is 0.261. The monoisotopic (exact) mass is 231 g/mol. The molecule has 2 aromatic rings. The Kier molecular flexibility index (Phi) is 3.52. The Morgan fingerprint density at radius 1 is 1.35 bits per heavy atom. The molecule has 0 aliphatic heterocycles. The first-order chi connectivity index (χ1) is 8.31. The summed E-state index contributed by atoms with van der Waals surface area (Å²) in [5.74, 6) is 0.296. The molecule has 1 aromatic carbocycles. The van der Waals surface area contributed by atoms with Gasteiger partial charge in [-0.2, -0.15) is 0 Å². The number of benzene rings is 1. The van der Waals surface area contributed by atoms with Crippen LogP contribution in [-0.4, -0.2) is 24.2 Å². The molecule has 0 saturated carbocycles. The average molecular weight is 231 g/mol. The Morgan fingerprint density at radius 2 is 2.12 bits per heavy atom. The van der Waals surface area contributed by atoms with Gasteiger partial charge in [0.2, 0.25) is 0 Å². The molecule has 0 unspecified atom stereocenters. The van der Waals surface area contributed by atoms with Gasteiger partial charge in [-0.15, -0.1) is 0 Å². The predicted molar refractivity (Wildman–Crippen MR) is 63.3 cm³/mol. The summed E-state index contributed by atoms with van der Waals surface area (Å²) in [6.45, 7) is 0.821. The molecular weight excluding hydrogens is 218 g/mol. The molecule has 0 spiro atoms. The molecule has 0 aliphatic carbocycles. The van der Waals surface area contributed by atoms with Crippen LogP contribution in [0.5, 0.6) is 0 Å². The van der Waals surface area contributed by atoms with Gasteiger partial charge in [-0.3, -0.25) is 4.79 Å². The van der Waals surface area contributed by atoms with E-state index in [0.29, 0.717) is 18.8 Å². The predicted octanol–water partition coefficient (Wildman–Crippen LogP) is 1.03. The van der Waals surface area contributed by atoms with Crippen LogP contribution in [0.3, 0.4) is 0 Å². The molecule has 3 N–H and O–H groups in total. The van der Waals surface area contributed by atoms with E-state index < -0.39 is 0 Å². The number of aromatic nitrogens is 1. The highest BCUT2D eigenvalue weighted by molar-refractivity contribution is 5.93. The van der Waals surface area contributed by atoms with E-state index in [1.807, 2.05) is 30.3 Å². The number of hydrogen-bond donors (Lipinski definition) is 2. The van der Waals surface area contributed by atoms with Gasteiger partial charge in [0.05, 0.1) is 0 Å². The van der Waals surface area contributed by atoms with Crippen LogP contribution >= 0.6 is 0 Å². The maximum atomic E-state index is 11.6. The molecule has 2 rings (SSSR count). The first-order valence-corrected chi connectivity index (χ1v) is 5.31. The number of nitrogens with two attached hydrogens (primary N) is 1. The molecule has 0 aliphatic rings. The number of rotatable bonds is 4. The lowest BCUT2D eigenvalue weighted by atomic mass is 10.1. The molecule has 0 fully saturated rings. The van der Waals surface area contributed by atoms with Gasteiger partial charge in [-0.1, -0.05) is 35.5 Å². The molecule has 1 aromatic heterocycles. The number of nitrogens with one attached hydrogen (secondary N) is 1. The lowest BCUT2D eigenvalue weighted by Crippen LogP contribution is -2.29. The van der Waals surface area contributed by atoms with Crippen molar-refractivity contribution in [2.45, 2.75) is 0 Å². The molecule has 0 atom stereocenters. The van der Waals surface area contributed by atoms with Crippen molar-refractivity contribution >= 4 is 5.91 Å². The second-order valence-electron chi connectivity index (χ2n) is 3.49. The van der Waals surface area contributed by atoms with Gasteiger partial charge in [0.15, 0.2) is 11.5 Å². The third-order valence-electron chi connectivity index (χ3n) is 2.23. The smallest absolute Gasteiger partial charge is 0.273 e.